The van der Waals surface area contributed by atoms with Crippen molar-refractivity contribution in [1.82, 2.24) is 10.6 Å². The summed E-state index contributed by atoms with van der Waals surface area (Å²) in [6.45, 7) is 3.51. The highest BCUT2D eigenvalue weighted by Crippen LogP contribution is 2.19. The summed E-state index contributed by atoms with van der Waals surface area (Å²) in [6, 6.07) is 1.77. The van der Waals surface area contributed by atoms with Crippen LogP contribution in [0.25, 0.3) is 0 Å². The maximum Gasteiger partial charge on any atom is 0.243 e. The average molecular weight is 305 g/mol. The number of thiocarbonyl (C=S) groups is 1. The van der Waals surface area contributed by atoms with Crippen LogP contribution in [0, 0.1) is 17.5 Å². The summed E-state index contributed by atoms with van der Waals surface area (Å²) in [5.41, 5.74) is -0.432. The lowest BCUT2D eigenvalue weighted by molar-refractivity contribution is -0.115. The Hall–Kier alpha value is -1.83. The summed E-state index contributed by atoms with van der Waals surface area (Å²) >= 11 is 4.89. The van der Waals surface area contributed by atoms with Crippen LogP contribution in [0.4, 0.5) is 18.9 Å². The normalized spacial score (nSPS) is 10.3. The third-order valence-electron chi connectivity index (χ3n) is 2.14. The van der Waals surface area contributed by atoms with Gasteiger partial charge in [-0.3, -0.25) is 4.79 Å². The van der Waals surface area contributed by atoms with Crippen LogP contribution in [0.3, 0.4) is 0 Å². The maximum atomic E-state index is 13.3. The smallest absolute Gasteiger partial charge is 0.243 e. The maximum absolute atomic E-state index is 13.3. The van der Waals surface area contributed by atoms with E-state index in [2.05, 4.69) is 16.0 Å². The molecule has 1 aromatic rings. The SMILES string of the molecule is CC(C)NC(=S)NCC(=O)Nc1ccc(F)c(F)c1F. The van der Waals surface area contributed by atoms with Crippen LogP contribution in [-0.2, 0) is 4.79 Å². The minimum absolute atomic E-state index is 0.0988. The zero-order valence-corrected chi connectivity index (χ0v) is 11.7. The molecular formula is C12H14F3N3OS. The molecule has 1 amide bonds. The largest absolute Gasteiger partial charge is 0.361 e. The Kier molecular flexibility index (Phi) is 5.75. The van der Waals surface area contributed by atoms with Crippen LogP contribution >= 0.6 is 12.2 Å². The summed E-state index contributed by atoms with van der Waals surface area (Å²) < 4.78 is 39.0. The Balaban J connectivity index is 2.55. The lowest BCUT2D eigenvalue weighted by Gasteiger charge is -2.13. The fourth-order valence-electron chi connectivity index (χ4n) is 1.29. The Morgan fingerprint density at radius 2 is 1.90 bits per heavy atom. The van der Waals surface area contributed by atoms with Crippen LogP contribution < -0.4 is 16.0 Å². The van der Waals surface area contributed by atoms with Crippen molar-refractivity contribution in [2.24, 2.45) is 0 Å². The van der Waals surface area contributed by atoms with Gasteiger partial charge in [-0.25, -0.2) is 13.2 Å². The van der Waals surface area contributed by atoms with E-state index in [1.807, 2.05) is 13.8 Å². The number of benzene rings is 1. The number of hydrogen-bond acceptors (Lipinski definition) is 2. The van der Waals surface area contributed by atoms with Gasteiger partial charge in [0.15, 0.2) is 22.6 Å². The minimum atomic E-state index is -1.63. The highest BCUT2D eigenvalue weighted by atomic mass is 32.1. The summed E-state index contributed by atoms with van der Waals surface area (Å²) in [5, 5.41) is 7.83. The summed E-state index contributed by atoms with van der Waals surface area (Å²) in [6.07, 6.45) is 0. The van der Waals surface area contributed by atoms with E-state index in [0.717, 1.165) is 12.1 Å². The van der Waals surface area contributed by atoms with Crippen LogP contribution in [0.15, 0.2) is 12.1 Å². The van der Waals surface area contributed by atoms with E-state index < -0.39 is 29.0 Å². The number of carbonyl (C=O) groups excluding carboxylic acids is 1. The number of anilines is 1. The highest BCUT2D eigenvalue weighted by Gasteiger charge is 2.15. The molecule has 1 rings (SSSR count). The Labute approximate surface area is 119 Å². The molecular weight excluding hydrogens is 291 g/mol. The molecule has 0 heterocycles. The monoisotopic (exact) mass is 305 g/mol. The van der Waals surface area contributed by atoms with Crippen LogP contribution in [0.2, 0.25) is 0 Å². The van der Waals surface area contributed by atoms with Gasteiger partial charge in [0.1, 0.15) is 0 Å². The third kappa shape index (κ3) is 4.69. The van der Waals surface area contributed by atoms with E-state index in [4.69, 9.17) is 12.2 Å². The van der Waals surface area contributed by atoms with Crippen molar-refractivity contribution in [2.45, 2.75) is 19.9 Å². The molecule has 0 aromatic heterocycles. The fraction of sp³-hybridized carbons (Fsp3) is 0.333. The molecule has 0 saturated heterocycles. The third-order valence-corrected chi connectivity index (χ3v) is 2.40. The number of carbonyl (C=O) groups is 1. The number of hydrogen-bond donors (Lipinski definition) is 3. The van der Waals surface area contributed by atoms with Crippen LogP contribution in [0.1, 0.15) is 13.8 Å². The molecule has 0 radical (unpaired) electrons. The summed E-state index contributed by atoms with van der Waals surface area (Å²) in [5.74, 6) is -5.03. The van der Waals surface area contributed by atoms with E-state index in [1.54, 1.807) is 0 Å². The van der Waals surface area contributed by atoms with Gasteiger partial charge in [-0.1, -0.05) is 0 Å². The van der Waals surface area contributed by atoms with E-state index in [0.29, 0.717) is 0 Å². The van der Waals surface area contributed by atoms with Crippen molar-refractivity contribution in [3.63, 3.8) is 0 Å². The molecule has 0 aliphatic carbocycles. The van der Waals surface area contributed by atoms with Crippen molar-refractivity contribution in [3.05, 3.63) is 29.6 Å². The van der Waals surface area contributed by atoms with Crippen molar-refractivity contribution >= 4 is 28.9 Å². The molecule has 3 N–H and O–H groups in total. The van der Waals surface area contributed by atoms with Crippen molar-refractivity contribution in [2.75, 3.05) is 11.9 Å². The molecule has 1 aromatic carbocycles. The molecule has 20 heavy (non-hydrogen) atoms. The van der Waals surface area contributed by atoms with Gasteiger partial charge in [0.2, 0.25) is 5.91 Å². The van der Waals surface area contributed by atoms with Gasteiger partial charge in [0.25, 0.3) is 0 Å². The second-order valence-corrected chi connectivity index (χ2v) is 4.66. The van der Waals surface area contributed by atoms with E-state index in [1.165, 1.54) is 0 Å². The molecule has 0 aliphatic heterocycles. The minimum Gasteiger partial charge on any atom is -0.361 e. The van der Waals surface area contributed by atoms with E-state index in [-0.39, 0.29) is 17.7 Å². The van der Waals surface area contributed by atoms with Gasteiger partial charge in [-0.05, 0) is 38.2 Å². The van der Waals surface area contributed by atoms with Gasteiger partial charge in [0, 0.05) is 6.04 Å². The number of nitrogens with one attached hydrogen (secondary N) is 3. The first kappa shape index (κ1) is 16.2. The van der Waals surface area contributed by atoms with Gasteiger partial charge in [-0.15, -0.1) is 0 Å². The molecule has 0 fully saturated rings. The van der Waals surface area contributed by atoms with E-state index >= 15 is 0 Å². The van der Waals surface area contributed by atoms with Gasteiger partial charge < -0.3 is 16.0 Å². The quantitative estimate of drug-likeness (QED) is 0.587. The number of amides is 1. The average Bonchev–Trinajstić information content (AvgIpc) is 2.36. The molecule has 0 aliphatic rings. The van der Waals surface area contributed by atoms with Gasteiger partial charge in [0.05, 0.1) is 12.2 Å². The first-order chi connectivity index (χ1) is 9.31. The molecule has 0 saturated carbocycles. The second kappa shape index (κ2) is 7.09. The lowest BCUT2D eigenvalue weighted by atomic mass is 10.2. The molecule has 0 atom stereocenters. The number of rotatable bonds is 4. The predicted octanol–water partition coefficient (Wildman–Crippen LogP) is 1.91. The Bertz CT molecular complexity index is 523. The summed E-state index contributed by atoms with van der Waals surface area (Å²) in [4.78, 5) is 11.5. The van der Waals surface area contributed by atoms with Crippen molar-refractivity contribution in [1.29, 1.82) is 0 Å². The highest BCUT2D eigenvalue weighted by molar-refractivity contribution is 7.80. The Morgan fingerprint density at radius 1 is 1.25 bits per heavy atom. The molecule has 110 valence electrons. The van der Waals surface area contributed by atoms with Crippen LogP contribution in [0.5, 0.6) is 0 Å². The lowest BCUT2D eigenvalue weighted by Crippen LogP contribution is -2.42. The molecule has 8 heteroatoms. The van der Waals surface area contributed by atoms with Gasteiger partial charge >= 0.3 is 0 Å². The topological polar surface area (TPSA) is 53.2 Å². The second-order valence-electron chi connectivity index (χ2n) is 4.25. The molecule has 0 bridgehead atoms. The first-order valence-corrected chi connectivity index (χ1v) is 6.19. The van der Waals surface area contributed by atoms with Gasteiger partial charge in [-0.2, -0.15) is 0 Å². The summed E-state index contributed by atoms with van der Waals surface area (Å²) in [7, 11) is 0. The molecule has 4 nitrogen and oxygen atoms in total. The van der Waals surface area contributed by atoms with Crippen molar-refractivity contribution < 1.29 is 18.0 Å². The predicted molar refractivity (Wildman–Crippen MR) is 73.8 cm³/mol. The Morgan fingerprint density at radius 3 is 2.50 bits per heavy atom. The fourth-order valence-corrected chi connectivity index (χ4v) is 1.60. The standard InChI is InChI=1S/C12H14F3N3OS/c1-6(2)17-12(20)16-5-9(19)18-8-4-3-7(13)10(14)11(8)15/h3-4,6H,5H2,1-2H3,(H,18,19)(H2,16,17,20). The first-order valence-electron chi connectivity index (χ1n) is 5.79. The number of halogens is 3. The molecule has 0 spiro atoms. The van der Waals surface area contributed by atoms with Crippen LogP contribution in [-0.4, -0.2) is 23.6 Å². The zero-order valence-electron chi connectivity index (χ0n) is 10.9. The van der Waals surface area contributed by atoms with E-state index in [9.17, 15) is 18.0 Å². The molecule has 0 unspecified atom stereocenters. The zero-order chi connectivity index (χ0) is 15.3. The van der Waals surface area contributed by atoms with Crippen molar-refractivity contribution in [3.8, 4) is 0 Å².